The predicted molar refractivity (Wildman–Crippen MR) is 104 cm³/mol. The van der Waals surface area contributed by atoms with E-state index >= 15 is 0 Å². The molecule has 0 saturated heterocycles. The van der Waals surface area contributed by atoms with Crippen LogP contribution in [0, 0.1) is 0 Å². The van der Waals surface area contributed by atoms with Crippen molar-refractivity contribution in [3.8, 4) is 17.0 Å². The minimum absolute atomic E-state index is 0.0611. The number of H-pyrrole nitrogens is 1. The molecule has 3 heterocycles. The number of amides is 1. The van der Waals surface area contributed by atoms with Crippen LogP contribution in [0.4, 0.5) is 0 Å². The van der Waals surface area contributed by atoms with Gasteiger partial charge in [0.2, 0.25) is 0 Å². The van der Waals surface area contributed by atoms with Crippen LogP contribution < -0.4 is 4.74 Å². The Morgan fingerprint density at radius 3 is 2.64 bits per heavy atom. The molecule has 7 heteroatoms. The number of nitrogens with zero attached hydrogens (tertiary/aromatic N) is 3. The first-order chi connectivity index (χ1) is 13.7. The molecule has 1 unspecified atom stereocenters. The molecule has 0 radical (unpaired) electrons. The first-order valence-corrected chi connectivity index (χ1v) is 9.18. The van der Waals surface area contributed by atoms with E-state index in [1.807, 2.05) is 47.4 Å². The number of pyridine rings is 1. The maximum absolute atomic E-state index is 13.1. The van der Waals surface area contributed by atoms with Gasteiger partial charge in [-0.2, -0.15) is 5.10 Å². The van der Waals surface area contributed by atoms with Crippen LogP contribution in [0.5, 0.6) is 5.75 Å². The highest BCUT2D eigenvalue weighted by Crippen LogP contribution is 2.42. The van der Waals surface area contributed by atoms with Gasteiger partial charge in [0.1, 0.15) is 17.5 Å². The van der Waals surface area contributed by atoms with Gasteiger partial charge in [0.25, 0.3) is 5.91 Å². The van der Waals surface area contributed by atoms with Gasteiger partial charge in [0.05, 0.1) is 18.5 Å². The first kappa shape index (κ1) is 18.2. The zero-order chi connectivity index (χ0) is 19.5. The minimum Gasteiger partial charge on any atom is -0.497 e. The van der Waals surface area contributed by atoms with Gasteiger partial charge in [-0.25, -0.2) is 0 Å². The molecule has 4 rings (SSSR count). The molecule has 1 amide bonds. The average Bonchev–Trinajstić information content (AvgIpc) is 3.28. The van der Waals surface area contributed by atoms with Crippen molar-refractivity contribution in [3.63, 3.8) is 0 Å². The summed E-state index contributed by atoms with van der Waals surface area (Å²) in [5.41, 5.74) is 3.90. The summed E-state index contributed by atoms with van der Waals surface area (Å²) in [5, 5.41) is 7.41. The van der Waals surface area contributed by atoms with Crippen molar-refractivity contribution in [2.45, 2.75) is 12.5 Å². The lowest BCUT2D eigenvalue weighted by Gasteiger charge is -2.25. The normalized spacial score (nSPS) is 15.7. The molecule has 144 valence electrons. The number of benzene rings is 1. The van der Waals surface area contributed by atoms with Crippen LogP contribution in [0.25, 0.3) is 11.3 Å². The molecule has 28 heavy (non-hydrogen) atoms. The Morgan fingerprint density at radius 2 is 1.96 bits per heavy atom. The summed E-state index contributed by atoms with van der Waals surface area (Å²) in [6.07, 6.45) is 2.50. The van der Waals surface area contributed by atoms with Crippen LogP contribution in [-0.4, -0.2) is 53.4 Å². The summed E-state index contributed by atoms with van der Waals surface area (Å²) in [7, 11) is 3.30. The maximum Gasteiger partial charge on any atom is 0.273 e. The summed E-state index contributed by atoms with van der Waals surface area (Å²) in [4.78, 5) is 19.5. The smallest absolute Gasteiger partial charge is 0.273 e. The van der Waals surface area contributed by atoms with Gasteiger partial charge >= 0.3 is 0 Å². The monoisotopic (exact) mass is 378 g/mol. The lowest BCUT2D eigenvalue weighted by atomic mass is 9.99. The standard InChI is InChI=1S/C21H22N4O3/c1-27-13-5-12-25-20(16-6-3-4-11-22-16)17-18(23-24-19(17)21(25)26)14-7-9-15(28-2)10-8-14/h3-4,6-11,20H,5,12-13H2,1-2H3,(H,23,24). The van der Waals surface area contributed by atoms with E-state index < -0.39 is 0 Å². The van der Waals surface area contributed by atoms with Crippen molar-refractivity contribution in [2.24, 2.45) is 0 Å². The third-order valence-electron chi connectivity index (χ3n) is 4.94. The Balaban J connectivity index is 1.78. The van der Waals surface area contributed by atoms with Crippen molar-refractivity contribution >= 4 is 5.91 Å². The van der Waals surface area contributed by atoms with Crippen LogP contribution in [-0.2, 0) is 4.74 Å². The topological polar surface area (TPSA) is 80.3 Å². The van der Waals surface area contributed by atoms with Crippen LogP contribution in [0.2, 0.25) is 0 Å². The van der Waals surface area contributed by atoms with Crippen LogP contribution >= 0.6 is 0 Å². The highest BCUT2D eigenvalue weighted by molar-refractivity contribution is 6.00. The molecule has 0 aliphatic carbocycles. The number of carbonyl (C=O) groups excluding carboxylic acids is 1. The van der Waals surface area contributed by atoms with Gasteiger partial charge in [-0.3, -0.25) is 14.9 Å². The molecule has 1 aliphatic heterocycles. The van der Waals surface area contributed by atoms with Gasteiger partial charge in [0, 0.05) is 37.6 Å². The molecule has 1 N–H and O–H groups in total. The second-order valence-electron chi connectivity index (χ2n) is 6.59. The molecule has 1 aromatic carbocycles. The number of aromatic nitrogens is 3. The van der Waals surface area contributed by atoms with Gasteiger partial charge in [-0.15, -0.1) is 0 Å². The molecular formula is C21H22N4O3. The molecule has 0 bridgehead atoms. The molecular weight excluding hydrogens is 356 g/mol. The summed E-state index contributed by atoms with van der Waals surface area (Å²) in [5.74, 6) is 0.712. The number of rotatable bonds is 7. The third-order valence-corrected chi connectivity index (χ3v) is 4.94. The number of nitrogens with one attached hydrogen (secondary N) is 1. The molecule has 3 aromatic rings. The number of methoxy groups -OCH3 is 2. The fourth-order valence-corrected chi connectivity index (χ4v) is 3.62. The zero-order valence-electron chi connectivity index (χ0n) is 15.9. The van der Waals surface area contributed by atoms with E-state index in [0.717, 1.165) is 34.7 Å². The van der Waals surface area contributed by atoms with E-state index in [1.54, 1.807) is 20.4 Å². The number of hydrogen-bond donors (Lipinski definition) is 1. The zero-order valence-corrected chi connectivity index (χ0v) is 15.9. The second-order valence-corrected chi connectivity index (χ2v) is 6.59. The van der Waals surface area contributed by atoms with Crippen LogP contribution in [0.15, 0.2) is 48.7 Å². The molecule has 2 aromatic heterocycles. The Bertz CT molecular complexity index is 954. The first-order valence-electron chi connectivity index (χ1n) is 9.18. The lowest BCUT2D eigenvalue weighted by Crippen LogP contribution is -2.31. The van der Waals surface area contributed by atoms with Crippen molar-refractivity contribution in [3.05, 3.63) is 65.6 Å². The van der Waals surface area contributed by atoms with Gasteiger partial charge in [-0.05, 0) is 42.8 Å². The lowest BCUT2D eigenvalue weighted by molar-refractivity contribution is 0.0720. The maximum atomic E-state index is 13.1. The highest BCUT2D eigenvalue weighted by atomic mass is 16.5. The van der Waals surface area contributed by atoms with Crippen molar-refractivity contribution in [2.75, 3.05) is 27.4 Å². The predicted octanol–water partition coefficient (Wildman–Crippen LogP) is 3.06. The van der Waals surface area contributed by atoms with Gasteiger partial charge in [0.15, 0.2) is 0 Å². The molecule has 1 aliphatic rings. The number of fused-ring (bicyclic) bond motifs is 1. The molecule has 0 spiro atoms. The average molecular weight is 378 g/mol. The number of ether oxygens (including phenoxy) is 2. The van der Waals surface area contributed by atoms with E-state index in [0.29, 0.717) is 18.8 Å². The second kappa shape index (κ2) is 7.82. The number of hydrogen-bond acceptors (Lipinski definition) is 5. The fraction of sp³-hybridized carbons (Fsp3) is 0.286. The van der Waals surface area contributed by atoms with E-state index in [1.165, 1.54) is 0 Å². The van der Waals surface area contributed by atoms with Gasteiger partial charge in [-0.1, -0.05) is 6.07 Å². The van der Waals surface area contributed by atoms with Crippen molar-refractivity contribution in [1.82, 2.24) is 20.1 Å². The van der Waals surface area contributed by atoms with E-state index in [2.05, 4.69) is 15.2 Å². The quantitative estimate of drug-likeness (QED) is 0.639. The molecule has 0 saturated carbocycles. The van der Waals surface area contributed by atoms with Crippen LogP contribution in [0.3, 0.4) is 0 Å². The Morgan fingerprint density at radius 1 is 1.14 bits per heavy atom. The molecule has 7 nitrogen and oxygen atoms in total. The largest absolute Gasteiger partial charge is 0.497 e. The van der Waals surface area contributed by atoms with E-state index in [-0.39, 0.29) is 11.9 Å². The molecule has 0 fully saturated rings. The van der Waals surface area contributed by atoms with Crippen LogP contribution in [0.1, 0.15) is 34.2 Å². The van der Waals surface area contributed by atoms with Crippen molar-refractivity contribution in [1.29, 1.82) is 0 Å². The summed E-state index contributed by atoms with van der Waals surface area (Å²) in [6, 6.07) is 13.1. The summed E-state index contributed by atoms with van der Waals surface area (Å²) >= 11 is 0. The summed E-state index contributed by atoms with van der Waals surface area (Å²) < 4.78 is 10.4. The minimum atomic E-state index is -0.281. The molecule has 1 atom stereocenters. The summed E-state index contributed by atoms with van der Waals surface area (Å²) in [6.45, 7) is 1.18. The SMILES string of the molecule is COCCCN1C(=O)c2[nH]nc(-c3ccc(OC)cc3)c2C1c1ccccn1. The van der Waals surface area contributed by atoms with E-state index in [9.17, 15) is 4.79 Å². The fourth-order valence-electron chi connectivity index (χ4n) is 3.62. The Kier molecular flexibility index (Phi) is 5.08. The van der Waals surface area contributed by atoms with Gasteiger partial charge < -0.3 is 14.4 Å². The van der Waals surface area contributed by atoms with Crippen molar-refractivity contribution < 1.29 is 14.3 Å². The van der Waals surface area contributed by atoms with E-state index in [4.69, 9.17) is 9.47 Å². The number of carbonyl (C=O) groups is 1. The Hall–Kier alpha value is -3.19. The highest BCUT2D eigenvalue weighted by Gasteiger charge is 2.42. The Labute approximate surface area is 163 Å². The number of aromatic amines is 1. The third kappa shape index (κ3) is 3.14.